The molecule has 0 atom stereocenters. The molecule has 19 heavy (non-hydrogen) atoms. The number of nitrogens with one attached hydrogen (secondary N) is 1. The Morgan fingerprint density at radius 2 is 2.00 bits per heavy atom. The zero-order valence-electron chi connectivity index (χ0n) is 11.4. The Balaban J connectivity index is 1.98. The minimum absolute atomic E-state index is 0.711. The molecule has 0 saturated carbocycles. The van der Waals surface area contributed by atoms with Crippen molar-refractivity contribution in [2.75, 3.05) is 20.3 Å². The maximum Gasteiger partial charge on any atom is 0.159 e. The van der Waals surface area contributed by atoms with Gasteiger partial charge in [-0.2, -0.15) is 0 Å². The first-order chi connectivity index (χ1) is 9.29. The summed E-state index contributed by atoms with van der Waals surface area (Å²) in [5.41, 5.74) is 3.35. The number of hydrogen-bond acceptors (Lipinski definition) is 4. The first kappa shape index (κ1) is 13.6. The van der Waals surface area contributed by atoms with E-state index in [4.69, 9.17) is 4.74 Å². The van der Waals surface area contributed by atoms with E-state index in [2.05, 4.69) is 34.3 Å². The van der Waals surface area contributed by atoms with Crippen LogP contribution in [-0.4, -0.2) is 30.2 Å². The van der Waals surface area contributed by atoms with E-state index in [9.17, 15) is 0 Å². The lowest BCUT2D eigenvalue weighted by Crippen LogP contribution is -2.18. The number of nitrogens with zero attached hydrogens (tertiary/aromatic N) is 2. The monoisotopic (exact) mass is 257 g/mol. The third-order valence-electron chi connectivity index (χ3n) is 2.79. The maximum atomic E-state index is 4.97. The molecule has 2 aromatic rings. The molecule has 0 unspecified atom stereocenters. The van der Waals surface area contributed by atoms with E-state index < -0.39 is 0 Å². The number of ether oxygens (including phenoxy) is 1. The minimum atomic E-state index is 0.711. The smallest absolute Gasteiger partial charge is 0.159 e. The van der Waals surface area contributed by atoms with Gasteiger partial charge in [0.25, 0.3) is 0 Å². The van der Waals surface area contributed by atoms with Crippen LogP contribution in [0.1, 0.15) is 11.1 Å². The SMILES string of the molecule is COCCNCc1cnc(-c2cccc(C)c2)nc1. The molecule has 0 aliphatic heterocycles. The van der Waals surface area contributed by atoms with Crippen molar-refractivity contribution in [2.24, 2.45) is 0 Å². The van der Waals surface area contributed by atoms with E-state index in [1.165, 1.54) is 5.56 Å². The summed E-state index contributed by atoms with van der Waals surface area (Å²) in [4.78, 5) is 8.81. The van der Waals surface area contributed by atoms with Crippen LogP contribution in [0.5, 0.6) is 0 Å². The van der Waals surface area contributed by atoms with Crippen LogP contribution >= 0.6 is 0 Å². The largest absolute Gasteiger partial charge is 0.383 e. The van der Waals surface area contributed by atoms with Gasteiger partial charge in [-0.05, 0) is 13.0 Å². The average Bonchev–Trinajstić information content (AvgIpc) is 2.44. The maximum absolute atomic E-state index is 4.97. The van der Waals surface area contributed by atoms with E-state index >= 15 is 0 Å². The second-order valence-corrected chi connectivity index (χ2v) is 4.45. The van der Waals surface area contributed by atoms with Gasteiger partial charge >= 0.3 is 0 Å². The Labute approximate surface area is 113 Å². The van der Waals surface area contributed by atoms with Crippen LogP contribution < -0.4 is 5.32 Å². The molecule has 1 aromatic heterocycles. The Bertz CT molecular complexity index is 511. The number of aryl methyl sites for hydroxylation is 1. The van der Waals surface area contributed by atoms with Crippen molar-refractivity contribution in [1.82, 2.24) is 15.3 Å². The highest BCUT2D eigenvalue weighted by molar-refractivity contribution is 5.55. The zero-order chi connectivity index (χ0) is 13.5. The molecule has 1 N–H and O–H groups in total. The summed E-state index contributed by atoms with van der Waals surface area (Å²) in [6, 6.07) is 8.20. The molecular weight excluding hydrogens is 238 g/mol. The highest BCUT2D eigenvalue weighted by Gasteiger charge is 2.01. The van der Waals surface area contributed by atoms with E-state index in [0.29, 0.717) is 6.61 Å². The first-order valence-electron chi connectivity index (χ1n) is 6.37. The van der Waals surface area contributed by atoms with Crippen LogP contribution in [0.4, 0.5) is 0 Å². The molecule has 1 heterocycles. The van der Waals surface area contributed by atoms with Crippen LogP contribution in [0, 0.1) is 6.92 Å². The predicted octanol–water partition coefficient (Wildman–Crippen LogP) is 2.19. The Morgan fingerprint density at radius 1 is 1.21 bits per heavy atom. The van der Waals surface area contributed by atoms with Crippen LogP contribution in [-0.2, 0) is 11.3 Å². The lowest BCUT2D eigenvalue weighted by atomic mass is 10.1. The van der Waals surface area contributed by atoms with Crippen LogP contribution in [0.3, 0.4) is 0 Å². The van der Waals surface area contributed by atoms with Crippen molar-refractivity contribution in [2.45, 2.75) is 13.5 Å². The van der Waals surface area contributed by atoms with Gasteiger partial charge in [0.05, 0.1) is 6.61 Å². The molecule has 2 rings (SSSR count). The second-order valence-electron chi connectivity index (χ2n) is 4.45. The third kappa shape index (κ3) is 4.12. The van der Waals surface area contributed by atoms with Gasteiger partial charge in [-0.25, -0.2) is 9.97 Å². The molecule has 0 aliphatic carbocycles. The normalized spacial score (nSPS) is 10.6. The lowest BCUT2D eigenvalue weighted by Gasteiger charge is -2.05. The molecule has 4 nitrogen and oxygen atoms in total. The van der Waals surface area contributed by atoms with Crippen LogP contribution in [0.25, 0.3) is 11.4 Å². The van der Waals surface area contributed by atoms with Crippen LogP contribution in [0.2, 0.25) is 0 Å². The minimum Gasteiger partial charge on any atom is -0.383 e. The fourth-order valence-corrected chi connectivity index (χ4v) is 1.79. The Morgan fingerprint density at radius 3 is 2.68 bits per heavy atom. The summed E-state index contributed by atoms with van der Waals surface area (Å²) in [5.74, 6) is 0.768. The summed E-state index contributed by atoms with van der Waals surface area (Å²) in [5, 5.41) is 3.27. The van der Waals surface area contributed by atoms with Gasteiger partial charge in [0.1, 0.15) is 0 Å². The number of benzene rings is 1. The summed E-state index contributed by atoms with van der Waals surface area (Å²) in [6.45, 7) is 4.37. The molecule has 0 saturated heterocycles. The summed E-state index contributed by atoms with van der Waals surface area (Å²) >= 11 is 0. The summed E-state index contributed by atoms with van der Waals surface area (Å²) in [6.07, 6.45) is 3.73. The van der Waals surface area contributed by atoms with Crippen molar-refractivity contribution in [3.8, 4) is 11.4 Å². The van der Waals surface area contributed by atoms with E-state index in [1.807, 2.05) is 24.5 Å². The second kappa shape index (κ2) is 6.97. The molecule has 0 bridgehead atoms. The van der Waals surface area contributed by atoms with E-state index in [1.54, 1.807) is 7.11 Å². The van der Waals surface area contributed by atoms with Gasteiger partial charge in [-0.3, -0.25) is 0 Å². The lowest BCUT2D eigenvalue weighted by molar-refractivity contribution is 0.199. The van der Waals surface area contributed by atoms with Crippen molar-refractivity contribution < 1.29 is 4.74 Å². The van der Waals surface area contributed by atoms with Crippen molar-refractivity contribution >= 4 is 0 Å². The molecular formula is C15H19N3O. The van der Waals surface area contributed by atoms with E-state index in [-0.39, 0.29) is 0 Å². The van der Waals surface area contributed by atoms with Gasteiger partial charge < -0.3 is 10.1 Å². The summed E-state index contributed by atoms with van der Waals surface area (Å²) < 4.78 is 4.97. The molecule has 0 aliphatic rings. The van der Waals surface area contributed by atoms with Crippen molar-refractivity contribution in [3.05, 3.63) is 47.8 Å². The highest BCUT2D eigenvalue weighted by atomic mass is 16.5. The molecule has 0 fully saturated rings. The van der Waals surface area contributed by atoms with Crippen molar-refractivity contribution in [3.63, 3.8) is 0 Å². The zero-order valence-corrected chi connectivity index (χ0v) is 11.4. The molecule has 0 radical (unpaired) electrons. The Kier molecular flexibility index (Phi) is 5.01. The van der Waals surface area contributed by atoms with Crippen molar-refractivity contribution in [1.29, 1.82) is 0 Å². The van der Waals surface area contributed by atoms with Gasteiger partial charge in [-0.15, -0.1) is 0 Å². The van der Waals surface area contributed by atoms with Gasteiger partial charge in [0.2, 0.25) is 0 Å². The number of aromatic nitrogens is 2. The number of hydrogen-bond donors (Lipinski definition) is 1. The fraction of sp³-hybridized carbons (Fsp3) is 0.333. The number of rotatable bonds is 6. The summed E-state index contributed by atoms with van der Waals surface area (Å²) in [7, 11) is 1.70. The van der Waals surface area contributed by atoms with Gasteiger partial charge in [-0.1, -0.05) is 23.8 Å². The Hall–Kier alpha value is -1.78. The molecule has 100 valence electrons. The molecule has 4 heteroatoms. The molecule has 1 aromatic carbocycles. The topological polar surface area (TPSA) is 47.0 Å². The standard InChI is InChI=1S/C15H19N3O/c1-12-4-3-5-14(8-12)15-17-10-13(11-18-15)9-16-6-7-19-2/h3-5,8,10-11,16H,6-7,9H2,1-2H3. The third-order valence-corrected chi connectivity index (χ3v) is 2.79. The van der Waals surface area contributed by atoms with Gasteiger partial charge in [0.15, 0.2) is 5.82 Å². The molecule has 0 amide bonds. The highest BCUT2D eigenvalue weighted by Crippen LogP contribution is 2.15. The fourth-order valence-electron chi connectivity index (χ4n) is 1.79. The average molecular weight is 257 g/mol. The molecule has 0 spiro atoms. The quantitative estimate of drug-likeness (QED) is 0.806. The predicted molar refractivity (Wildman–Crippen MR) is 75.8 cm³/mol. The van der Waals surface area contributed by atoms with E-state index in [0.717, 1.165) is 30.0 Å². The number of methoxy groups -OCH3 is 1. The van der Waals surface area contributed by atoms with Gasteiger partial charge in [0, 0.05) is 43.7 Å². The van der Waals surface area contributed by atoms with Crippen LogP contribution in [0.15, 0.2) is 36.7 Å². The first-order valence-corrected chi connectivity index (χ1v) is 6.37.